The summed E-state index contributed by atoms with van der Waals surface area (Å²) in [7, 11) is -3.44. The molecule has 0 radical (unpaired) electrons. The molecule has 0 N–H and O–H groups in total. The maximum atomic E-state index is 12.6. The Morgan fingerprint density at radius 3 is 2.21 bits per heavy atom. The first-order chi connectivity index (χ1) is 14.0. The summed E-state index contributed by atoms with van der Waals surface area (Å²) >= 11 is 0. The molecular weight excluding hydrogens is 392 g/mol. The van der Waals surface area contributed by atoms with E-state index in [2.05, 4.69) is 0 Å². The highest BCUT2D eigenvalue weighted by Crippen LogP contribution is 2.26. The molecule has 2 aliphatic heterocycles. The Hall–Kier alpha value is -1.48. The van der Waals surface area contributed by atoms with Crippen LogP contribution < -0.4 is 0 Å². The Balaban J connectivity index is 1.48. The van der Waals surface area contributed by atoms with Crippen LogP contribution in [0.15, 0.2) is 29.2 Å². The Bertz CT molecular complexity index is 763. The van der Waals surface area contributed by atoms with Crippen LogP contribution in [0, 0.1) is 5.92 Å². The number of hydrogen-bond donors (Lipinski definition) is 0. The van der Waals surface area contributed by atoms with Gasteiger partial charge in [-0.1, -0.05) is 26.0 Å². The Morgan fingerprint density at radius 2 is 1.66 bits per heavy atom. The lowest BCUT2D eigenvalue weighted by atomic mass is 9.95. The highest BCUT2D eigenvalue weighted by atomic mass is 32.2. The van der Waals surface area contributed by atoms with Crippen molar-refractivity contribution in [2.24, 2.45) is 5.92 Å². The van der Waals surface area contributed by atoms with Gasteiger partial charge in [0.2, 0.25) is 15.9 Å². The molecule has 1 aromatic rings. The third-order valence-electron chi connectivity index (χ3n) is 5.82. The van der Waals surface area contributed by atoms with Crippen LogP contribution in [-0.4, -0.2) is 69.2 Å². The van der Waals surface area contributed by atoms with E-state index in [1.807, 2.05) is 30.9 Å². The molecule has 3 rings (SSSR count). The van der Waals surface area contributed by atoms with Gasteiger partial charge >= 0.3 is 0 Å². The molecule has 2 fully saturated rings. The average molecular weight is 425 g/mol. The van der Waals surface area contributed by atoms with Crippen LogP contribution in [0.25, 0.3) is 0 Å². The molecule has 2 aliphatic rings. The quantitative estimate of drug-likeness (QED) is 0.640. The van der Waals surface area contributed by atoms with Gasteiger partial charge in [0.15, 0.2) is 6.29 Å². The minimum Gasteiger partial charge on any atom is -0.350 e. The average Bonchev–Trinajstić information content (AvgIpc) is 3.28. The SMILES string of the molecule is CCN(CC)S(=O)(=O)c1ccc(CCC(=O)N2CCC(C3OCCO3)CC2)cc1. The Labute approximate surface area is 174 Å². The molecule has 29 heavy (non-hydrogen) atoms. The van der Waals surface area contributed by atoms with Crippen molar-refractivity contribution in [3.05, 3.63) is 29.8 Å². The molecular formula is C21H32N2O5S. The molecule has 0 spiro atoms. The van der Waals surface area contributed by atoms with Crippen LogP contribution in [0.4, 0.5) is 0 Å². The van der Waals surface area contributed by atoms with E-state index in [1.54, 1.807) is 12.1 Å². The van der Waals surface area contributed by atoms with Crippen LogP contribution in [0.5, 0.6) is 0 Å². The number of aryl methyl sites for hydroxylation is 1. The van der Waals surface area contributed by atoms with Crippen LogP contribution in [0.2, 0.25) is 0 Å². The number of carbonyl (C=O) groups excluding carboxylic acids is 1. The van der Waals surface area contributed by atoms with Gasteiger partial charge in [0.1, 0.15) is 0 Å². The van der Waals surface area contributed by atoms with E-state index in [1.165, 1.54) is 4.31 Å². The number of likely N-dealkylation sites (tertiary alicyclic amines) is 1. The maximum Gasteiger partial charge on any atom is 0.243 e. The van der Waals surface area contributed by atoms with Gasteiger partial charge in [-0.3, -0.25) is 4.79 Å². The van der Waals surface area contributed by atoms with Gasteiger partial charge in [-0.15, -0.1) is 0 Å². The Kier molecular flexibility index (Phi) is 7.67. The van der Waals surface area contributed by atoms with E-state index in [4.69, 9.17) is 9.47 Å². The summed E-state index contributed by atoms with van der Waals surface area (Å²) in [4.78, 5) is 14.8. The van der Waals surface area contributed by atoms with Crippen LogP contribution in [0.3, 0.4) is 0 Å². The molecule has 1 aromatic carbocycles. The van der Waals surface area contributed by atoms with Crippen molar-refractivity contribution in [2.75, 3.05) is 39.4 Å². The normalized spacial score (nSPS) is 19.2. The molecule has 8 heteroatoms. The minimum atomic E-state index is -3.44. The topological polar surface area (TPSA) is 76.2 Å². The summed E-state index contributed by atoms with van der Waals surface area (Å²) in [5, 5.41) is 0. The third kappa shape index (κ3) is 5.36. The fraction of sp³-hybridized carbons (Fsp3) is 0.667. The highest BCUT2D eigenvalue weighted by Gasteiger charge is 2.31. The zero-order valence-corrected chi connectivity index (χ0v) is 18.2. The lowest BCUT2D eigenvalue weighted by Gasteiger charge is -2.34. The fourth-order valence-corrected chi connectivity index (χ4v) is 5.48. The van der Waals surface area contributed by atoms with Crippen molar-refractivity contribution in [1.29, 1.82) is 0 Å². The first kappa shape index (κ1) is 22.2. The van der Waals surface area contributed by atoms with E-state index < -0.39 is 10.0 Å². The summed E-state index contributed by atoms with van der Waals surface area (Å²) in [6, 6.07) is 6.90. The maximum absolute atomic E-state index is 12.6. The standard InChI is InChI=1S/C21H32N2O5S/c1-3-23(4-2)29(25,26)19-8-5-17(6-9-19)7-10-20(24)22-13-11-18(12-14-22)21-27-15-16-28-21/h5-6,8-9,18,21H,3-4,7,10-16H2,1-2H3. The van der Waals surface area contributed by atoms with Crippen LogP contribution in [-0.2, 0) is 30.7 Å². The molecule has 1 amide bonds. The minimum absolute atomic E-state index is 0.0987. The van der Waals surface area contributed by atoms with Crippen LogP contribution >= 0.6 is 0 Å². The van der Waals surface area contributed by atoms with Crippen molar-refractivity contribution < 1.29 is 22.7 Å². The van der Waals surface area contributed by atoms with E-state index in [-0.39, 0.29) is 12.2 Å². The number of sulfonamides is 1. The van der Waals surface area contributed by atoms with Crippen molar-refractivity contribution in [1.82, 2.24) is 9.21 Å². The molecule has 7 nitrogen and oxygen atoms in total. The van der Waals surface area contributed by atoms with Gasteiger partial charge in [-0.05, 0) is 37.0 Å². The first-order valence-electron chi connectivity index (χ1n) is 10.6. The number of piperidine rings is 1. The molecule has 0 saturated carbocycles. The molecule has 0 aromatic heterocycles. The van der Waals surface area contributed by atoms with Gasteiger partial charge in [-0.25, -0.2) is 8.42 Å². The second kappa shape index (κ2) is 10.0. The van der Waals surface area contributed by atoms with Gasteiger partial charge in [0, 0.05) is 38.5 Å². The van der Waals surface area contributed by atoms with Gasteiger partial charge in [-0.2, -0.15) is 4.31 Å². The summed E-state index contributed by atoms with van der Waals surface area (Å²) in [6.07, 6.45) is 2.77. The number of amides is 1. The number of rotatable bonds is 8. The molecule has 0 bridgehead atoms. The van der Waals surface area contributed by atoms with E-state index >= 15 is 0 Å². The van der Waals surface area contributed by atoms with E-state index in [0.29, 0.717) is 50.0 Å². The number of carbonyl (C=O) groups is 1. The molecule has 0 unspecified atom stereocenters. The zero-order chi connectivity index (χ0) is 20.9. The van der Waals surface area contributed by atoms with Gasteiger partial charge < -0.3 is 14.4 Å². The van der Waals surface area contributed by atoms with Crippen molar-refractivity contribution in [3.63, 3.8) is 0 Å². The molecule has 2 saturated heterocycles. The fourth-order valence-electron chi connectivity index (χ4n) is 4.02. The summed E-state index contributed by atoms with van der Waals surface area (Å²) in [5.41, 5.74) is 0.972. The smallest absolute Gasteiger partial charge is 0.243 e. The number of nitrogens with zero attached hydrogens (tertiary/aromatic N) is 2. The molecule has 0 atom stereocenters. The monoisotopic (exact) mass is 424 g/mol. The van der Waals surface area contributed by atoms with Crippen LogP contribution in [0.1, 0.15) is 38.7 Å². The van der Waals surface area contributed by atoms with E-state index in [0.717, 1.165) is 31.5 Å². The highest BCUT2D eigenvalue weighted by molar-refractivity contribution is 7.89. The van der Waals surface area contributed by atoms with Crippen molar-refractivity contribution in [3.8, 4) is 0 Å². The number of hydrogen-bond acceptors (Lipinski definition) is 5. The lowest BCUT2D eigenvalue weighted by Crippen LogP contribution is -2.41. The predicted molar refractivity (Wildman–Crippen MR) is 110 cm³/mol. The second-order valence-electron chi connectivity index (χ2n) is 7.56. The van der Waals surface area contributed by atoms with Crippen molar-refractivity contribution >= 4 is 15.9 Å². The first-order valence-corrected chi connectivity index (χ1v) is 12.0. The van der Waals surface area contributed by atoms with Gasteiger partial charge in [0.05, 0.1) is 18.1 Å². The van der Waals surface area contributed by atoms with E-state index in [9.17, 15) is 13.2 Å². The summed E-state index contributed by atoms with van der Waals surface area (Å²) in [6.45, 7) is 7.38. The number of ether oxygens (including phenoxy) is 2. The Morgan fingerprint density at radius 1 is 1.07 bits per heavy atom. The zero-order valence-electron chi connectivity index (χ0n) is 17.4. The van der Waals surface area contributed by atoms with Gasteiger partial charge in [0.25, 0.3) is 0 Å². The molecule has 0 aliphatic carbocycles. The molecule has 162 valence electrons. The number of benzene rings is 1. The second-order valence-corrected chi connectivity index (χ2v) is 9.50. The largest absolute Gasteiger partial charge is 0.350 e. The predicted octanol–water partition coefficient (Wildman–Crippen LogP) is 2.26. The summed E-state index contributed by atoms with van der Waals surface area (Å²) < 4.78 is 37.7. The lowest BCUT2D eigenvalue weighted by molar-refractivity contribution is -0.136. The van der Waals surface area contributed by atoms with Crippen molar-refractivity contribution in [2.45, 2.75) is 50.7 Å². The third-order valence-corrected chi connectivity index (χ3v) is 7.88. The molecule has 2 heterocycles. The summed E-state index contributed by atoms with van der Waals surface area (Å²) in [5.74, 6) is 0.526.